The predicted octanol–water partition coefficient (Wildman–Crippen LogP) is 3.98. The number of aromatic nitrogens is 2. The van der Waals surface area contributed by atoms with Gasteiger partial charge in [-0.2, -0.15) is 0 Å². The Hall–Kier alpha value is -2.53. The van der Waals surface area contributed by atoms with E-state index in [2.05, 4.69) is 9.97 Å². The highest BCUT2D eigenvalue weighted by molar-refractivity contribution is 6.34. The molecule has 0 N–H and O–H groups in total. The Balaban J connectivity index is 2.16. The normalized spacial score (nSPS) is 10.6. The quantitative estimate of drug-likeness (QED) is 0.677. The van der Waals surface area contributed by atoms with Crippen molar-refractivity contribution in [2.24, 2.45) is 0 Å². The molecule has 2 aromatic heterocycles. The summed E-state index contributed by atoms with van der Waals surface area (Å²) in [6.07, 6.45) is 0. The molecule has 118 valence electrons. The fourth-order valence-corrected chi connectivity index (χ4v) is 2.59. The van der Waals surface area contributed by atoms with E-state index in [1.807, 2.05) is 30.3 Å². The summed E-state index contributed by atoms with van der Waals surface area (Å²) in [6, 6.07) is 11.2. The Morgan fingerprint density at radius 2 is 1.65 bits per heavy atom. The maximum absolute atomic E-state index is 6.30. The fraction of sp³-hybridized carbons (Fsp3) is 0.176. The van der Waals surface area contributed by atoms with Gasteiger partial charge in [0.05, 0.1) is 32.7 Å². The van der Waals surface area contributed by atoms with Crippen LogP contribution in [0.2, 0.25) is 5.15 Å². The molecule has 0 aliphatic rings. The molecule has 0 fully saturated rings. The van der Waals surface area contributed by atoms with Crippen LogP contribution >= 0.6 is 11.6 Å². The molecule has 0 bridgehead atoms. The van der Waals surface area contributed by atoms with E-state index in [-0.39, 0.29) is 0 Å². The lowest BCUT2D eigenvalue weighted by atomic mass is 10.1. The third-order valence-corrected chi connectivity index (χ3v) is 3.78. The average molecular weight is 331 g/mol. The number of hydrogen-bond donors (Lipinski definition) is 0. The Labute approximate surface area is 138 Å². The molecule has 1 aromatic carbocycles. The van der Waals surface area contributed by atoms with Crippen molar-refractivity contribution in [1.82, 2.24) is 9.97 Å². The molecule has 0 spiro atoms. The van der Waals surface area contributed by atoms with Gasteiger partial charge in [0, 0.05) is 5.39 Å². The lowest BCUT2D eigenvalue weighted by Crippen LogP contribution is -1.96. The van der Waals surface area contributed by atoms with Crippen molar-refractivity contribution < 1.29 is 14.2 Å². The summed E-state index contributed by atoms with van der Waals surface area (Å²) in [5.74, 6) is 1.71. The minimum absolute atomic E-state index is 0.397. The van der Waals surface area contributed by atoms with Gasteiger partial charge in [0.15, 0.2) is 5.75 Å². The maximum atomic E-state index is 6.30. The second kappa shape index (κ2) is 6.30. The molecule has 3 aromatic rings. The first-order valence-corrected chi connectivity index (χ1v) is 7.27. The molecular weight excluding hydrogens is 316 g/mol. The molecule has 6 heteroatoms. The predicted molar refractivity (Wildman–Crippen MR) is 89.6 cm³/mol. The van der Waals surface area contributed by atoms with Gasteiger partial charge in [-0.3, -0.25) is 0 Å². The molecule has 0 aliphatic carbocycles. The van der Waals surface area contributed by atoms with Crippen LogP contribution in [-0.4, -0.2) is 31.3 Å². The number of halogens is 1. The first-order valence-electron chi connectivity index (χ1n) is 6.90. The molecule has 0 aliphatic heterocycles. The number of ether oxygens (including phenoxy) is 3. The molecular formula is C17H15ClN2O3. The lowest BCUT2D eigenvalue weighted by molar-refractivity contribution is 0.343. The van der Waals surface area contributed by atoms with Crippen molar-refractivity contribution in [3.05, 3.63) is 41.6 Å². The van der Waals surface area contributed by atoms with Gasteiger partial charge in [0.1, 0.15) is 10.9 Å². The molecule has 0 saturated carbocycles. The smallest absolute Gasteiger partial charge is 0.257 e. The van der Waals surface area contributed by atoms with E-state index in [1.54, 1.807) is 27.4 Å². The van der Waals surface area contributed by atoms with Crippen LogP contribution in [0.1, 0.15) is 0 Å². The zero-order valence-electron chi connectivity index (χ0n) is 13.0. The van der Waals surface area contributed by atoms with Crippen LogP contribution in [0.15, 0.2) is 36.4 Å². The van der Waals surface area contributed by atoms with E-state index >= 15 is 0 Å². The van der Waals surface area contributed by atoms with Crippen LogP contribution in [0.5, 0.6) is 17.4 Å². The summed E-state index contributed by atoms with van der Waals surface area (Å²) in [5, 5.41) is 2.20. The Morgan fingerprint density at radius 3 is 2.35 bits per heavy atom. The van der Waals surface area contributed by atoms with Gasteiger partial charge in [-0.1, -0.05) is 11.6 Å². The van der Waals surface area contributed by atoms with Gasteiger partial charge in [-0.25, -0.2) is 9.97 Å². The molecule has 0 saturated heterocycles. The average Bonchev–Trinajstić information content (AvgIpc) is 2.60. The van der Waals surface area contributed by atoms with Crippen LogP contribution in [0.4, 0.5) is 0 Å². The Kier molecular flexibility index (Phi) is 4.21. The number of fused-ring (bicyclic) bond motifs is 1. The van der Waals surface area contributed by atoms with E-state index in [0.29, 0.717) is 28.2 Å². The first kappa shape index (κ1) is 15.4. The summed E-state index contributed by atoms with van der Waals surface area (Å²) in [6.45, 7) is 0. The highest BCUT2D eigenvalue weighted by Gasteiger charge is 2.12. The number of methoxy groups -OCH3 is 3. The third kappa shape index (κ3) is 2.87. The molecule has 23 heavy (non-hydrogen) atoms. The number of hydrogen-bond acceptors (Lipinski definition) is 5. The second-order valence-corrected chi connectivity index (χ2v) is 5.15. The number of pyridine rings is 2. The zero-order chi connectivity index (χ0) is 16.4. The summed E-state index contributed by atoms with van der Waals surface area (Å²) < 4.78 is 15.7. The second-order valence-electron chi connectivity index (χ2n) is 4.79. The van der Waals surface area contributed by atoms with Crippen LogP contribution in [0, 0.1) is 0 Å². The molecule has 0 radical (unpaired) electrons. The van der Waals surface area contributed by atoms with Crippen LogP contribution in [-0.2, 0) is 0 Å². The van der Waals surface area contributed by atoms with Crippen LogP contribution in [0.3, 0.4) is 0 Å². The van der Waals surface area contributed by atoms with Gasteiger partial charge >= 0.3 is 0 Å². The molecule has 5 nitrogen and oxygen atoms in total. The first-order chi connectivity index (χ1) is 11.2. The maximum Gasteiger partial charge on any atom is 0.257 e. The molecule has 3 rings (SSSR count). The number of benzene rings is 1. The van der Waals surface area contributed by atoms with Crippen molar-refractivity contribution in [2.75, 3.05) is 21.3 Å². The van der Waals surface area contributed by atoms with Crippen molar-refractivity contribution in [2.45, 2.75) is 0 Å². The molecule has 0 atom stereocenters. The van der Waals surface area contributed by atoms with Gasteiger partial charge in [-0.15, -0.1) is 0 Å². The van der Waals surface area contributed by atoms with E-state index in [1.165, 1.54) is 0 Å². The SMILES string of the molecule is COc1ccc2c(Cl)nc(-c3ccc(OC)c(OC)n3)cc2c1. The highest BCUT2D eigenvalue weighted by Crippen LogP contribution is 2.32. The van der Waals surface area contributed by atoms with Gasteiger partial charge in [0.2, 0.25) is 0 Å². The lowest BCUT2D eigenvalue weighted by Gasteiger charge is -2.10. The largest absolute Gasteiger partial charge is 0.497 e. The Morgan fingerprint density at radius 1 is 0.826 bits per heavy atom. The summed E-state index contributed by atoms with van der Waals surface area (Å²) in [7, 11) is 4.73. The standard InChI is InChI=1S/C17H15ClN2O3/c1-21-11-4-5-12-10(8-11)9-14(19-16(12)18)13-6-7-15(22-2)17(20-13)23-3/h4-9H,1-3H3. The van der Waals surface area contributed by atoms with Crippen molar-refractivity contribution in [1.29, 1.82) is 0 Å². The highest BCUT2D eigenvalue weighted by atomic mass is 35.5. The third-order valence-electron chi connectivity index (χ3n) is 3.49. The molecule has 2 heterocycles. The van der Waals surface area contributed by atoms with Crippen molar-refractivity contribution in [3.8, 4) is 28.8 Å². The topological polar surface area (TPSA) is 53.5 Å². The van der Waals surface area contributed by atoms with Gasteiger partial charge < -0.3 is 14.2 Å². The van der Waals surface area contributed by atoms with E-state index in [9.17, 15) is 0 Å². The summed E-state index contributed by atoms with van der Waals surface area (Å²) in [5.41, 5.74) is 1.30. The molecule has 0 unspecified atom stereocenters. The van der Waals surface area contributed by atoms with E-state index in [0.717, 1.165) is 16.5 Å². The zero-order valence-corrected chi connectivity index (χ0v) is 13.7. The van der Waals surface area contributed by atoms with E-state index in [4.69, 9.17) is 25.8 Å². The van der Waals surface area contributed by atoms with Crippen LogP contribution in [0.25, 0.3) is 22.2 Å². The van der Waals surface area contributed by atoms with Crippen molar-refractivity contribution in [3.63, 3.8) is 0 Å². The minimum atomic E-state index is 0.397. The van der Waals surface area contributed by atoms with Crippen molar-refractivity contribution >= 4 is 22.4 Å². The van der Waals surface area contributed by atoms with Crippen LogP contribution < -0.4 is 14.2 Å². The summed E-state index contributed by atoms with van der Waals surface area (Å²) >= 11 is 6.30. The fourth-order valence-electron chi connectivity index (χ4n) is 2.32. The van der Waals surface area contributed by atoms with Gasteiger partial charge in [-0.05, 0) is 41.8 Å². The molecule has 0 amide bonds. The Bertz CT molecular complexity index is 868. The number of rotatable bonds is 4. The number of nitrogens with zero attached hydrogens (tertiary/aromatic N) is 2. The summed E-state index contributed by atoms with van der Waals surface area (Å²) in [4.78, 5) is 8.85. The monoisotopic (exact) mass is 330 g/mol. The van der Waals surface area contributed by atoms with Gasteiger partial charge in [0.25, 0.3) is 5.88 Å². The minimum Gasteiger partial charge on any atom is -0.497 e. The van der Waals surface area contributed by atoms with E-state index < -0.39 is 0 Å².